The summed E-state index contributed by atoms with van der Waals surface area (Å²) in [5.41, 5.74) is 1.21. The number of ether oxygens (including phenoxy) is 2. The van der Waals surface area contributed by atoms with Gasteiger partial charge in [0.2, 0.25) is 0 Å². The Balaban J connectivity index is 1.53. The van der Waals surface area contributed by atoms with Crippen LogP contribution in [0, 0.1) is 12.8 Å². The van der Waals surface area contributed by atoms with E-state index in [-0.39, 0.29) is 0 Å². The van der Waals surface area contributed by atoms with Crippen LogP contribution in [0.15, 0.2) is 18.2 Å². The van der Waals surface area contributed by atoms with E-state index in [9.17, 15) is 0 Å². The van der Waals surface area contributed by atoms with Crippen LogP contribution < -0.4 is 9.47 Å². The van der Waals surface area contributed by atoms with Gasteiger partial charge in [0, 0.05) is 18.5 Å². The van der Waals surface area contributed by atoms with E-state index in [1.165, 1.54) is 44.3 Å². The van der Waals surface area contributed by atoms with Crippen LogP contribution in [-0.2, 0) is 0 Å². The molecule has 0 N–H and O–H groups in total. The quantitative estimate of drug-likeness (QED) is 0.823. The highest BCUT2D eigenvalue weighted by Crippen LogP contribution is 2.32. The first kappa shape index (κ1) is 13.7. The van der Waals surface area contributed by atoms with E-state index >= 15 is 0 Å². The third kappa shape index (κ3) is 2.93. The first-order valence-corrected chi connectivity index (χ1v) is 7.78. The minimum Gasteiger partial charge on any atom is -0.493 e. The molecule has 1 saturated heterocycles. The first-order chi connectivity index (χ1) is 9.76. The lowest BCUT2D eigenvalue weighted by molar-refractivity contribution is 0.145. The zero-order valence-electron chi connectivity index (χ0n) is 12.6. The summed E-state index contributed by atoms with van der Waals surface area (Å²) >= 11 is 0. The Kier molecular flexibility index (Phi) is 4.16. The van der Waals surface area contributed by atoms with Crippen molar-refractivity contribution in [1.82, 2.24) is 4.90 Å². The van der Waals surface area contributed by atoms with Crippen LogP contribution in [0.25, 0.3) is 0 Å². The van der Waals surface area contributed by atoms with E-state index < -0.39 is 0 Å². The van der Waals surface area contributed by atoms with Gasteiger partial charge in [-0.3, -0.25) is 4.90 Å². The van der Waals surface area contributed by atoms with Gasteiger partial charge in [0.25, 0.3) is 0 Å². The van der Waals surface area contributed by atoms with Gasteiger partial charge in [-0.25, -0.2) is 0 Å². The zero-order chi connectivity index (χ0) is 13.9. The lowest BCUT2D eigenvalue weighted by Crippen LogP contribution is -2.38. The van der Waals surface area contributed by atoms with Crippen LogP contribution in [0.2, 0.25) is 0 Å². The molecule has 1 aliphatic heterocycles. The Morgan fingerprint density at radius 1 is 1.20 bits per heavy atom. The summed E-state index contributed by atoms with van der Waals surface area (Å²) in [4.78, 5) is 2.66. The summed E-state index contributed by atoms with van der Waals surface area (Å²) in [5.74, 6) is 2.39. The number of aryl methyl sites for hydroxylation is 1. The van der Waals surface area contributed by atoms with Crippen molar-refractivity contribution in [2.45, 2.75) is 38.6 Å². The van der Waals surface area contributed by atoms with Crippen LogP contribution in [-0.4, -0.2) is 37.7 Å². The molecule has 3 rings (SSSR count). The molecule has 1 saturated carbocycles. The second-order valence-corrected chi connectivity index (χ2v) is 6.20. The Labute approximate surface area is 121 Å². The molecule has 1 atom stereocenters. The number of hydrogen-bond acceptors (Lipinski definition) is 3. The Morgan fingerprint density at radius 3 is 2.75 bits per heavy atom. The van der Waals surface area contributed by atoms with Gasteiger partial charge >= 0.3 is 0 Å². The predicted molar refractivity (Wildman–Crippen MR) is 80.5 cm³/mol. The zero-order valence-corrected chi connectivity index (χ0v) is 12.6. The molecule has 1 unspecified atom stereocenters. The fourth-order valence-corrected chi connectivity index (χ4v) is 3.19. The van der Waals surface area contributed by atoms with Crippen LogP contribution in [0.4, 0.5) is 0 Å². The van der Waals surface area contributed by atoms with Crippen LogP contribution in [0.1, 0.15) is 31.2 Å². The molecule has 1 heterocycles. The van der Waals surface area contributed by atoms with Gasteiger partial charge in [0.05, 0.1) is 13.7 Å². The highest BCUT2D eigenvalue weighted by molar-refractivity contribution is 5.42. The minimum atomic E-state index is 0.667. The second kappa shape index (κ2) is 6.04. The molecule has 2 aliphatic rings. The maximum Gasteiger partial charge on any atom is 0.161 e. The van der Waals surface area contributed by atoms with Gasteiger partial charge < -0.3 is 9.47 Å². The second-order valence-electron chi connectivity index (χ2n) is 6.20. The van der Waals surface area contributed by atoms with Gasteiger partial charge in [-0.1, -0.05) is 12.5 Å². The van der Waals surface area contributed by atoms with Crippen molar-refractivity contribution in [2.24, 2.45) is 5.92 Å². The number of rotatable bonds is 5. The van der Waals surface area contributed by atoms with E-state index in [0.29, 0.717) is 5.92 Å². The molecule has 0 amide bonds. The Morgan fingerprint density at radius 2 is 2.05 bits per heavy atom. The van der Waals surface area contributed by atoms with Crippen molar-refractivity contribution in [2.75, 3.05) is 26.8 Å². The number of likely N-dealkylation sites (tertiary alicyclic amines) is 1. The monoisotopic (exact) mass is 275 g/mol. The summed E-state index contributed by atoms with van der Waals surface area (Å²) in [6.45, 7) is 5.35. The molecular formula is C17H25NO2. The minimum absolute atomic E-state index is 0.667. The maximum atomic E-state index is 6.02. The molecule has 1 aliphatic carbocycles. The van der Waals surface area contributed by atoms with Crippen LogP contribution in [0.3, 0.4) is 0 Å². The van der Waals surface area contributed by atoms with Crippen molar-refractivity contribution in [3.8, 4) is 11.5 Å². The number of nitrogens with zero attached hydrogens (tertiary/aromatic N) is 1. The fraction of sp³-hybridized carbons (Fsp3) is 0.647. The maximum absolute atomic E-state index is 6.02. The third-order valence-corrected chi connectivity index (χ3v) is 4.70. The molecule has 1 aromatic carbocycles. The van der Waals surface area contributed by atoms with Gasteiger partial charge in [-0.15, -0.1) is 0 Å². The largest absolute Gasteiger partial charge is 0.493 e. The lowest BCUT2D eigenvalue weighted by Gasteiger charge is -2.34. The Bertz CT molecular complexity index is 456. The van der Waals surface area contributed by atoms with Crippen molar-refractivity contribution in [3.05, 3.63) is 23.8 Å². The molecule has 3 heteroatoms. The highest BCUT2D eigenvalue weighted by Gasteiger charge is 2.31. The van der Waals surface area contributed by atoms with E-state index in [4.69, 9.17) is 9.47 Å². The number of hydrogen-bond donors (Lipinski definition) is 0. The van der Waals surface area contributed by atoms with E-state index in [0.717, 1.165) is 24.1 Å². The predicted octanol–water partition coefficient (Wildman–Crippen LogP) is 3.26. The van der Waals surface area contributed by atoms with E-state index in [1.54, 1.807) is 7.11 Å². The summed E-state index contributed by atoms with van der Waals surface area (Å²) < 4.78 is 11.4. The fourth-order valence-electron chi connectivity index (χ4n) is 3.19. The first-order valence-electron chi connectivity index (χ1n) is 7.78. The van der Waals surface area contributed by atoms with Crippen molar-refractivity contribution < 1.29 is 9.47 Å². The van der Waals surface area contributed by atoms with Crippen LogP contribution in [0.5, 0.6) is 11.5 Å². The molecule has 110 valence electrons. The smallest absolute Gasteiger partial charge is 0.161 e. The van der Waals surface area contributed by atoms with Crippen molar-refractivity contribution in [3.63, 3.8) is 0 Å². The lowest BCUT2D eigenvalue weighted by atomic mass is 9.92. The summed E-state index contributed by atoms with van der Waals surface area (Å²) in [5, 5.41) is 0. The molecule has 0 spiro atoms. The molecule has 0 aromatic heterocycles. The van der Waals surface area contributed by atoms with Gasteiger partial charge in [0.1, 0.15) is 0 Å². The molecule has 1 aromatic rings. The SMILES string of the molecule is COc1ccc(C)cc1OCC1CCN(C2CCC2)C1. The van der Waals surface area contributed by atoms with Gasteiger partial charge in [-0.2, -0.15) is 0 Å². The normalized spacial score (nSPS) is 23.6. The molecule has 0 radical (unpaired) electrons. The summed E-state index contributed by atoms with van der Waals surface area (Å²) in [6, 6.07) is 6.98. The number of benzene rings is 1. The summed E-state index contributed by atoms with van der Waals surface area (Å²) in [6.07, 6.45) is 5.49. The highest BCUT2D eigenvalue weighted by atomic mass is 16.5. The topological polar surface area (TPSA) is 21.7 Å². The molecule has 0 bridgehead atoms. The Hall–Kier alpha value is -1.22. The molecular weight excluding hydrogens is 250 g/mol. The standard InChI is InChI=1S/C17H25NO2/c1-13-6-7-16(19-2)17(10-13)20-12-14-8-9-18(11-14)15-4-3-5-15/h6-7,10,14-15H,3-5,8-9,11-12H2,1-2H3. The van der Waals surface area contributed by atoms with Gasteiger partial charge in [0.15, 0.2) is 11.5 Å². The van der Waals surface area contributed by atoms with Gasteiger partial charge in [-0.05, 0) is 50.4 Å². The third-order valence-electron chi connectivity index (χ3n) is 4.70. The average molecular weight is 275 g/mol. The van der Waals surface area contributed by atoms with Crippen molar-refractivity contribution >= 4 is 0 Å². The van der Waals surface area contributed by atoms with E-state index in [1.807, 2.05) is 6.07 Å². The molecule has 2 fully saturated rings. The summed E-state index contributed by atoms with van der Waals surface area (Å²) in [7, 11) is 1.70. The molecule has 3 nitrogen and oxygen atoms in total. The van der Waals surface area contributed by atoms with Crippen molar-refractivity contribution in [1.29, 1.82) is 0 Å². The van der Waals surface area contributed by atoms with E-state index in [2.05, 4.69) is 24.0 Å². The molecule has 20 heavy (non-hydrogen) atoms. The average Bonchev–Trinajstić information content (AvgIpc) is 2.83. The van der Waals surface area contributed by atoms with Crippen LogP contribution >= 0.6 is 0 Å². The number of methoxy groups -OCH3 is 1.